The van der Waals surface area contributed by atoms with Crippen LogP contribution in [0.5, 0.6) is 0 Å². The Morgan fingerprint density at radius 3 is 2.73 bits per heavy atom. The highest BCUT2D eigenvalue weighted by Gasteiger charge is 2.32. The molecule has 0 radical (unpaired) electrons. The van der Waals surface area contributed by atoms with Crippen LogP contribution in [-0.2, 0) is 0 Å². The molecule has 134 valence electrons. The van der Waals surface area contributed by atoms with E-state index < -0.39 is 0 Å². The largest absolute Gasteiger partial charge is 0.361 e. The zero-order valence-electron chi connectivity index (χ0n) is 14.8. The Bertz CT molecular complexity index is 912. The fourth-order valence-electron chi connectivity index (χ4n) is 3.41. The van der Waals surface area contributed by atoms with Crippen LogP contribution in [0.15, 0.2) is 47.2 Å². The number of benzene rings is 1. The topological polar surface area (TPSA) is 76.2 Å². The molecule has 0 unspecified atom stereocenters. The average molecular weight is 351 g/mol. The number of carbonyl (C=O) groups excluding carboxylic acids is 1. The van der Waals surface area contributed by atoms with Crippen molar-refractivity contribution in [1.82, 2.24) is 19.6 Å². The van der Waals surface area contributed by atoms with Gasteiger partial charge in [0.25, 0.3) is 0 Å². The van der Waals surface area contributed by atoms with E-state index in [0.717, 1.165) is 41.5 Å². The molecule has 1 aromatic carbocycles. The van der Waals surface area contributed by atoms with E-state index in [4.69, 9.17) is 4.52 Å². The minimum Gasteiger partial charge on any atom is -0.361 e. The number of anilines is 1. The van der Waals surface area contributed by atoms with Crippen LogP contribution in [0.1, 0.15) is 36.2 Å². The molecule has 1 saturated heterocycles. The normalized spacial score (nSPS) is 16.8. The highest BCUT2D eigenvalue weighted by atomic mass is 16.5. The number of nitrogens with zero attached hydrogens (tertiary/aromatic N) is 4. The zero-order valence-corrected chi connectivity index (χ0v) is 14.8. The zero-order chi connectivity index (χ0) is 18.1. The first-order valence-electron chi connectivity index (χ1n) is 8.73. The standard InChI is InChI=1S/C19H21N5O2/c1-13-12-17(22-26-13)18-4-3-10-24(18)19(25)21-15-5-7-16(8-6-15)23-11-9-20-14(23)2/h5-9,11-12,18H,3-4,10H2,1-2H3,(H,21,25)/t18-/m1/s1. The summed E-state index contributed by atoms with van der Waals surface area (Å²) in [6, 6.07) is 9.49. The maximum Gasteiger partial charge on any atom is 0.322 e. The molecule has 3 heterocycles. The molecule has 26 heavy (non-hydrogen) atoms. The first kappa shape index (κ1) is 16.4. The van der Waals surface area contributed by atoms with Gasteiger partial charge in [-0.05, 0) is 51.0 Å². The van der Waals surface area contributed by atoms with Gasteiger partial charge in [0.15, 0.2) is 0 Å². The second-order valence-electron chi connectivity index (χ2n) is 6.54. The van der Waals surface area contributed by atoms with Gasteiger partial charge in [-0.25, -0.2) is 9.78 Å². The summed E-state index contributed by atoms with van der Waals surface area (Å²) >= 11 is 0. The maximum atomic E-state index is 12.7. The number of aromatic nitrogens is 3. The Morgan fingerprint density at radius 2 is 2.08 bits per heavy atom. The molecule has 7 nitrogen and oxygen atoms in total. The quantitative estimate of drug-likeness (QED) is 0.778. The summed E-state index contributed by atoms with van der Waals surface area (Å²) in [6.45, 7) is 4.53. The molecule has 0 spiro atoms. The smallest absolute Gasteiger partial charge is 0.322 e. The molecular formula is C19H21N5O2. The average Bonchev–Trinajstić information content (AvgIpc) is 3.36. The summed E-state index contributed by atoms with van der Waals surface area (Å²) in [4.78, 5) is 18.8. The molecule has 1 N–H and O–H groups in total. The van der Waals surface area contributed by atoms with E-state index in [0.29, 0.717) is 6.54 Å². The first-order valence-corrected chi connectivity index (χ1v) is 8.73. The number of rotatable bonds is 3. The van der Waals surface area contributed by atoms with Crippen LogP contribution < -0.4 is 5.32 Å². The van der Waals surface area contributed by atoms with Gasteiger partial charge in [-0.1, -0.05) is 5.16 Å². The Morgan fingerprint density at radius 1 is 1.27 bits per heavy atom. The van der Waals surface area contributed by atoms with Crippen molar-refractivity contribution in [2.45, 2.75) is 32.7 Å². The highest BCUT2D eigenvalue weighted by Crippen LogP contribution is 2.32. The number of hydrogen-bond acceptors (Lipinski definition) is 4. The van der Waals surface area contributed by atoms with Crippen molar-refractivity contribution in [1.29, 1.82) is 0 Å². The number of urea groups is 1. The van der Waals surface area contributed by atoms with Gasteiger partial charge < -0.3 is 19.3 Å². The third kappa shape index (κ3) is 3.08. The van der Waals surface area contributed by atoms with Gasteiger partial charge in [-0.2, -0.15) is 0 Å². The molecule has 2 amide bonds. The van der Waals surface area contributed by atoms with Gasteiger partial charge in [0.2, 0.25) is 0 Å². The lowest BCUT2D eigenvalue weighted by molar-refractivity contribution is 0.204. The van der Waals surface area contributed by atoms with E-state index in [1.54, 1.807) is 6.20 Å². The summed E-state index contributed by atoms with van der Waals surface area (Å²) in [5, 5.41) is 7.06. The number of hydrogen-bond donors (Lipinski definition) is 1. The van der Waals surface area contributed by atoms with E-state index in [1.165, 1.54) is 0 Å². The predicted molar refractivity (Wildman–Crippen MR) is 97.2 cm³/mol. The van der Waals surface area contributed by atoms with Crippen LogP contribution in [0.3, 0.4) is 0 Å². The van der Waals surface area contributed by atoms with Crippen molar-refractivity contribution >= 4 is 11.7 Å². The predicted octanol–water partition coefficient (Wildman–Crippen LogP) is 3.85. The summed E-state index contributed by atoms with van der Waals surface area (Å²) in [7, 11) is 0. The van der Waals surface area contributed by atoms with Crippen molar-refractivity contribution < 1.29 is 9.32 Å². The molecule has 3 aromatic rings. The lowest BCUT2D eigenvalue weighted by Crippen LogP contribution is -2.34. The summed E-state index contributed by atoms with van der Waals surface area (Å²) in [6.07, 6.45) is 5.54. The highest BCUT2D eigenvalue weighted by molar-refractivity contribution is 5.89. The fourth-order valence-corrected chi connectivity index (χ4v) is 3.41. The number of nitrogens with one attached hydrogen (secondary N) is 1. The van der Waals surface area contributed by atoms with Crippen LogP contribution in [0.2, 0.25) is 0 Å². The number of carbonyl (C=O) groups is 1. The molecule has 1 aliphatic rings. The second-order valence-corrected chi connectivity index (χ2v) is 6.54. The van der Waals surface area contributed by atoms with Gasteiger partial charge in [-0.15, -0.1) is 0 Å². The van der Waals surface area contributed by atoms with Gasteiger partial charge in [0.05, 0.1) is 6.04 Å². The SMILES string of the molecule is Cc1cc([C@H]2CCCN2C(=O)Nc2ccc(-n3ccnc3C)cc2)no1. The fraction of sp³-hybridized carbons (Fsp3) is 0.316. The second kappa shape index (κ2) is 6.67. The maximum absolute atomic E-state index is 12.7. The minimum atomic E-state index is -0.111. The van der Waals surface area contributed by atoms with Crippen molar-refractivity contribution in [3.05, 3.63) is 60.0 Å². The lowest BCUT2D eigenvalue weighted by Gasteiger charge is -2.23. The number of amides is 2. The number of aryl methyl sites for hydroxylation is 2. The third-order valence-corrected chi connectivity index (χ3v) is 4.72. The molecule has 1 aliphatic heterocycles. The molecule has 4 rings (SSSR count). The number of imidazole rings is 1. The van der Waals surface area contributed by atoms with Crippen LogP contribution in [0.4, 0.5) is 10.5 Å². The van der Waals surface area contributed by atoms with Crippen LogP contribution >= 0.6 is 0 Å². The van der Waals surface area contributed by atoms with Crippen LogP contribution in [0.25, 0.3) is 5.69 Å². The summed E-state index contributed by atoms with van der Waals surface area (Å²) in [5.74, 6) is 1.68. The van der Waals surface area contributed by atoms with E-state index in [2.05, 4.69) is 15.5 Å². The molecular weight excluding hydrogens is 330 g/mol. The van der Waals surface area contributed by atoms with Crippen LogP contribution in [-0.4, -0.2) is 32.2 Å². The lowest BCUT2D eigenvalue weighted by atomic mass is 10.1. The molecule has 0 bridgehead atoms. The Balaban J connectivity index is 1.46. The monoisotopic (exact) mass is 351 g/mol. The molecule has 2 aromatic heterocycles. The third-order valence-electron chi connectivity index (χ3n) is 4.72. The van der Waals surface area contributed by atoms with E-state index in [9.17, 15) is 4.79 Å². The van der Waals surface area contributed by atoms with E-state index >= 15 is 0 Å². The molecule has 1 fully saturated rings. The molecule has 1 atom stereocenters. The molecule has 0 saturated carbocycles. The molecule has 7 heteroatoms. The Kier molecular flexibility index (Phi) is 4.20. The number of likely N-dealkylation sites (tertiary alicyclic amines) is 1. The Labute approximate surface area is 151 Å². The van der Waals surface area contributed by atoms with Gasteiger partial charge in [0.1, 0.15) is 17.3 Å². The Hall–Kier alpha value is -3.09. The summed E-state index contributed by atoms with van der Waals surface area (Å²) in [5.41, 5.74) is 2.59. The summed E-state index contributed by atoms with van der Waals surface area (Å²) < 4.78 is 7.16. The van der Waals surface area contributed by atoms with Crippen molar-refractivity contribution in [2.75, 3.05) is 11.9 Å². The van der Waals surface area contributed by atoms with Crippen molar-refractivity contribution in [3.63, 3.8) is 0 Å². The van der Waals surface area contributed by atoms with Gasteiger partial charge in [0, 0.05) is 36.4 Å². The van der Waals surface area contributed by atoms with Crippen LogP contribution in [0, 0.1) is 13.8 Å². The van der Waals surface area contributed by atoms with Gasteiger partial charge in [-0.3, -0.25) is 0 Å². The van der Waals surface area contributed by atoms with Crippen molar-refractivity contribution in [3.8, 4) is 5.69 Å². The van der Waals surface area contributed by atoms with E-state index in [-0.39, 0.29) is 12.1 Å². The first-order chi connectivity index (χ1) is 12.6. The van der Waals surface area contributed by atoms with Crippen molar-refractivity contribution in [2.24, 2.45) is 0 Å². The molecule has 0 aliphatic carbocycles. The minimum absolute atomic E-state index is 0.0275. The van der Waals surface area contributed by atoms with E-state index in [1.807, 2.05) is 59.8 Å². The van der Waals surface area contributed by atoms with Gasteiger partial charge >= 0.3 is 6.03 Å².